The van der Waals surface area contributed by atoms with Gasteiger partial charge in [0.05, 0.1) is 18.6 Å². The molecule has 1 aliphatic rings. The van der Waals surface area contributed by atoms with Gasteiger partial charge in [0.15, 0.2) is 6.61 Å². The van der Waals surface area contributed by atoms with Crippen molar-refractivity contribution in [3.05, 3.63) is 59.7 Å². The van der Waals surface area contributed by atoms with E-state index in [1.165, 1.54) is 19.2 Å². The van der Waals surface area contributed by atoms with Gasteiger partial charge in [-0.3, -0.25) is 14.4 Å². The van der Waals surface area contributed by atoms with Crippen molar-refractivity contribution in [3.8, 4) is 0 Å². The van der Waals surface area contributed by atoms with Gasteiger partial charge in [0.25, 0.3) is 5.91 Å². The van der Waals surface area contributed by atoms with Crippen molar-refractivity contribution >= 4 is 35.1 Å². The third-order valence-electron chi connectivity index (χ3n) is 4.71. The van der Waals surface area contributed by atoms with Gasteiger partial charge in [0.1, 0.15) is 0 Å². The number of methoxy groups -OCH3 is 1. The molecule has 0 aromatic heterocycles. The molecule has 1 heterocycles. The Bertz CT molecular complexity index is 970. The molecule has 1 atom stereocenters. The molecule has 1 fully saturated rings. The van der Waals surface area contributed by atoms with E-state index in [0.29, 0.717) is 11.3 Å². The number of hydrogen-bond acceptors (Lipinski definition) is 6. The van der Waals surface area contributed by atoms with Crippen molar-refractivity contribution in [1.82, 2.24) is 0 Å². The van der Waals surface area contributed by atoms with E-state index in [4.69, 9.17) is 4.74 Å². The average molecular weight is 410 g/mol. The fourth-order valence-corrected chi connectivity index (χ4v) is 3.17. The Hall–Kier alpha value is -3.68. The molecule has 1 N–H and O–H groups in total. The maximum absolute atomic E-state index is 12.3. The van der Waals surface area contributed by atoms with E-state index in [0.717, 1.165) is 11.3 Å². The summed E-state index contributed by atoms with van der Waals surface area (Å²) in [4.78, 5) is 49.6. The first-order valence-corrected chi connectivity index (χ1v) is 9.39. The third-order valence-corrected chi connectivity index (χ3v) is 4.71. The van der Waals surface area contributed by atoms with Crippen molar-refractivity contribution in [2.45, 2.75) is 13.3 Å². The van der Waals surface area contributed by atoms with Gasteiger partial charge in [-0.1, -0.05) is 12.1 Å². The Morgan fingerprint density at radius 2 is 1.87 bits per heavy atom. The van der Waals surface area contributed by atoms with Gasteiger partial charge in [0.2, 0.25) is 5.91 Å². The summed E-state index contributed by atoms with van der Waals surface area (Å²) in [5.74, 6) is -2.36. The lowest BCUT2D eigenvalue weighted by atomic mass is 10.1. The first-order valence-electron chi connectivity index (χ1n) is 9.39. The molecule has 156 valence electrons. The Kier molecular flexibility index (Phi) is 6.46. The highest BCUT2D eigenvalue weighted by molar-refractivity contribution is 6.00. The molecule has 0 spiro atoms. The van der Waals surface area contributed by atoms with E-state index < -0.39 is 30.4 Å². The van der Waals surface area contributed by atoms with Gasteiger partial charge in [-0.25, -0.2) is 4.79 Å². The molecule has 8 nitrogen and oxygen atoms in total. The van der Waals surface area contributed by atoms with Gasteiger partial charge in [-0.2, -0.15) is 0 Å². The first-order chi connectivity index (χ1) is 14.4. The summed E-state index contributed by atoms with van der Waals surface area (Å²) in [6, 6.07) is 13.6. The Morgan fingerprint density at radius 1 is 1.13 bits per heavy atom. The van der Waals surface area contributed by atoms with Gasteiger partial charge in [-0.05, 0) is 48.9 Å². The minimum absolute atomic E-state index is 0.0450. The van der Waals surface area contributed by atoms with Crippen molar-refractivity contribution in [3.63, 3.8) is 0 Å². The lowest BCUT2D eigenvalue weighted by molar-refractivity contribution is -0.151. The van der Waals surface area contributed by atoms with Gasteiger partial charge in [-0.15, -0.1) is 0 Å². The normalized spacial score (nSPS) is 15.6. The van der Waals surface area contributed by atoms with Crippen molar-refractivity contribution in [1.29, 1.82) is 0 Å². The molecular weight excluding hydrogens is 388 g/mol. The number of esters is 2. The molecule has 3 rings (SSSR count). The minimum atomic E-state index is -0.620. The molecule has 0 radical (unpaired) electrons. The summed E-state index contributed by atoms with van der Waals surface area (Å²) in [6.07, 6.45) is 0.0450. The number of nitrogens with one attached hydrogen (secondary N) is 1. The first kappa shape index (κ1) is 21.0. The largest absolute Gasteiger partial charge is 0.465 e. The topological polar surface area (TPSA) is 102 Å². The maximum Gasteiger partial charge on any atom is 0.337 e. The predicted octanol–water partition coefficient (Wildman–Crippen LogP) is 2.32. The molecule has 0 bridgehead atoms. The summed E-state index contributed by atoms with van der Waals surface area (Å²) in [6.45, 7) is 1.68. The SMILES string of the molecule is COC(=O)c1ccc(NC(=O)COC(=O)[C@H]2CC(=O)N(c3cccc(C)c3)C2)cc1. The predicted molar refractivity (Wildman–Crippen MR) is 109 cm³/mol. The monoisotopic (exact) mass is 410 g/mol. The lowest BCUT2D eigenvalue weighted by Crippen LogP contribution is -2.28. The second-order valence-electron chi connectivity index (χ2n) is 6.97. The summed E-state index contributed by atoms with van der Waals surface area (Å²) in [5, 5.41) is 2.58. The fourth-order valence-electron chi connectivity index (χ4n) is 3.17. The van der Waals surface area contributed by atoms with Crippen LogP contribution in [0.15, 0.2) is 48.5 Å². The number of ether oxygens (including phenoxy) is 2. The van der Waals surface area contributed by atoms with Crippen LogP contribution >= 0.6 is 0 Å². The highest BCUT2D eigenvalue weighted by Crippen LogP contribution is 2.26. The Labute approximate surface area is 173 Å². The lowest BCUT2D eigenvalue weighted by Gasteiger charge is -2.17. The zero-order valence-electron chi connectivity index (χ0n) is 16.7. The van der Waals surface area contributed by atoms with Crippen LogP contribution in [0.5, 0.6) is 0 Å². The summed E-state index contributed by atoms with van der Waals surface area (Å²) in [7, 11) is 1.28. The Balaban J connectivity index is 1.50. The highest BCUT2D eigenvalue weighted by atomic mass is 16.5. The molecule has 0 unspecified atom stereocenters. The summed E-state index contributed by atoms with van der Waals surface area (Å²) < 4.78 is 9.70. The van der Waals surface area contributed by atoms with Crippen molar-refractivity contribution in [2.75, 3.05) is 30.5 Å². The number of carbonyl (C=O) groups excluding carboxylic acids is 4. The standard InChI is InChI=1S/C22H22N2O6/c1-14-4-3-5-18(10-14)24-12-16(11-20(24)26)22(28)30-13-19(25)23-17-8-6-15(7-9-17)21(27)29-2/h3-10,16H,11-13H2,1-2H3,(H,23,25)/t16-/m0/s1. The van der Waals surface area contributed by atoms with Crippen LogP contribution in [0.25, 0.3) is 0 Å². The molecule has 0 aliphatic carbocycles. The molecule has 1 aliphatic heterocycles. The minimum Gasteiger partial charge on any atom is -0.465 e. The van der Waals surface area contributed by atoms with Crippen molar-refractivity contribution < 1.29 is 28.7 Å². The van der Waals surface area contributed by atoms with Crippen LogP contribution in [0, 0.1) is 12.8 Å². The number of benzene rings is 2. The maximum atomic E-state index is 12.3. The number of amides is 2. The van der Waals surface area contributed by atoms with Crippen LogP contribution in [-0.4, -0.2) is 44.0 Å². The number of hydrogen-bond donors (Lipinski definition) is 1. The quantitative estimate of drug-likeness (QED) is 0.734. The molecule has 2 aromatic carbocycles. The third kappa shape index (κ3) is 5.02. The Morgan fingerprint density at radius 3 is 2.53 bits per heavy atom. The number of nitrogens with zero attached hydrogens (tertiary/aromatic N) is 1. The molecule has 30 heavy (non-hydrogen) atoms. The zero-order chi connectivity index (χ0) is 21.7. The summed E-state index contributed by atoms with van der Waals surface area (Å²) in [5.41, 5.74) is 2.56. The van der Waals surface area contributed by atoms with E-state index in [1.807, 2.05) is 31.2 Å². The molecular formula is C22H22N2O6. The van der Waals surface area contributed by atoms with E-state index >= 15 is 0 Å². The highest BCUT2D eigenvalue weighted by Gasteiger charge is 2.36. The number of carbonyl (C=O) groups is 4. The van der Waals surface area contributed by atoms with E-state index in [1.54, 1.807) is 17.0 Å². The van der Waals surface area contributed by atoms with Gasteiger partial charge in [0, 0.05) is 24.3 Å². The van der Waals surface area contributed by atoms with E-state index in [2.05, 4.69) is 10.1 Å². The second-order valence-corrected chi connectivity index (χ2v) is 6.97. The molecule has 0 saturated carbocycles. The number of rotatable bonds is 6. The summed E-state index contributed by atoms with van der Waals surface area (Å²) >= 11 is 0. The van der Waals surface area contributed by atoms with Crippen LogP contribution in [0.2, 0.25) is 0 Å². The van der Waals surface area contributed by atoms with Gasteiger partial charge < -0.3 is 19.7 Å². The molecule has 2 aromatic rings. The average Bonchev–Trinajstić information content (AvgIpc) is 3.13. The smallest absolute Gasteiger partial charge is 0.337 e. The number of anilines is 2. The molecule has 8 heteroatoms. The van der Waals surface area contributed by atoms with E-state index in [9.17, 15) is 19.2 Å². The zero-order valence-corrected chi connectivity index (χ0v) is 16.7. The molecule has 2 amide bonds. The molecule has 1 saturated heterocycles. The van der Waals surface area contributed by atoms with E-state index in [-0.39, 0.29) is 18.9 Å². The van der Waals surface area contributed by atoms with Crippen LogP contribution in [0.1, 0.15) is 22.3 Å². The van der Waals surface area contributed by atoms with Crippen LogP contribution in [0.4, 0.5) is 11.4 Å². The fraction of sp³-hybridized carbons (Fsp3) is 0.273. The second kappa shape index (κ2) is 9.21. The van der Waals surface area contributed by atoms with Crippen LogP contribution < -0.4 is 10.2 Å². The van der Waals surface area contributed by atoms with Crippen molar-refractivity contribution in [2.24, 2.45) is 5.92 Å². The van der Waals surface area contributed by atoms with Crippen LogP contribution in [-0.2, 0) is 23.9 Å². The van der Waals surface area contributed by atoms with Gasteiger partial charge >= 0.3 is 11.9 Å². The number of aryl methyl sites for hydroxylation is 1. The van der Waals surface area contributed by atoms with Crippen LogP contribution in [0.3, 0.4) is 0 Å².